The van der Waals surface area contributed by atoms with Gasteiger partial charge in [0.1, 0.15) is 30.3 Å². The molecule has 31 heavy (non-hydrogen) atoms. The average molecular weight is 433 g/mol. The number of carbonyl (C=O) groups is 1. The number of amides is 1. The zero-order valence-corrected chi connectivity index (χ0v) is 17.3. The van der Waals surface area contributed by atoms with E-state index >= 15 is 0 Å². The number of nitrogen functional groups attached to an aromatic ring is 1. The first-order valence-electron chi connectivity index (χ1n) is 9.56. The minimum Gasteiger partial charge on any atom is -0.489 e. The van der Waals surface area contributed by atoms with Crippen LogP contribution in [0, 0.1) is 0 Å². The van der Waals surface area contributed by atoms with Gasteiger partial charge in [0.25, 0.3) is 5.56 Å². The summed E-state index contributed by atoms with van der Waals surface area (Å²) < 4.78 is 6.82. The molecule has 0 saturated heterocycles. The topological polar surface area (TPSA) is 99.2 Å². The molecule has 2 aromatic heterocycles. The van der Waals surface area contributed by atoms with Gasteiger partial charge in [-0.1, -0.05) is 36.4 Å². The maximum atomic E-state index is 12.5. The van der Waals surface area contributed by atoms with Gasteiger partial charge in [0, 0.05) is 5.69 Å². The highest BCUT2D eigenvalue weighted by atomic mass is 32.1. The molecular weight excluding hydrogens is 412 g/mol. The second-order valence-electron chi connectivity index (χ2n) is 6.77. The van der Waals surface area contributed by atoms with Gasteiger partial charge in [-0.3, -0.25) is 9.59 Å². The fourth-order valence-electron chi connectivity index (χ4n) is 2.93. The third-order valence-electron chi connectivity index (χ3n) is 4.46. The Bertz CT molecular complexity index is 1220. The molecule has 0 saturated carbocycles. The number of aromatic nitrogens is 2. The molecule has 4 rings (SSSR count). The third-order valence-corrected chi connectivity index (χ3v) is 5.35. The number of carbonyl (C=O) groups excluding carboxylic acids is 1. The highest BCUT2D eigenvalue weighted by Gasteiger charge is 2.12. The van der Waals surface area contributed by atoms with E-state index < -0.39 is 5.56 Å². The van der Waals surface area contributed by atoms with E-state index in [0.717, 1.165) is 15.1 Å². The van der Waals surface area contributed by atoms with Crippen molar-refractivity contribution in [2.24, 2.45) is 0 Å². The summed E-state index contributed by atoms with van der Waals surface area (Å²) in [6.45, 7) is 0.220. The summed E-state index contributed by atoms with van der Waals surface area (Å²) in [4.78, 5) is 25.6. The van der Waals surface area contributed by atoms with Crippen LogP contribution in [0.5, 0.6) is 5.75 Å². The highest BCUT2D eigenvalue weighted by molar-refractivity contribution is 7.13. The van der Waals surface area contributed by atoms with Gasteiger partial charge in [-0.25, -0.2) is 4.68 Å². The van der Waals surface area contributed by atoms with Crippen molar-refractivity contribution in [2.75, 3.05) is 11.1 Å². The van der Waals surface area contributed by atoms with Gasteiger partial charge >= 0.3 is 0 Å². The van der Waals surface area contributed by atoms with E-state index in [-0.39, 0.29) is 18.1 Å². The van der Waals surface area contributed by atoms with Crippen molar-refractivity contribution in [3.63, 3.8) is 0 Å². The Kier molecular flexibility index (Phi) is 6.09. The number of ether oxygens (including phenoxy) is 1. The van der Waals surface area contributed by atoms with Crippen LogP contribution in [-0.2, 0) is 17.9 Å². The number of benzene rings is 2. The second kappa shape index (κ2) is 9.27. The SMILES string of the molecule is Nc1cc(-c2cccs2)nn(CC(=O)Nc2ccc(OCc3ccccc3)cc2)c1=O. The molecule has 2 heterocycles. The molecule has 4 aromatic rings. The Morgan fingerprint density at radius 2 is 1.84 bits per heavy atom. The normalized spacial score (nSPS) is 10.6. The van der Waals surface area contributed by atoms with E-state index in [0.29, 0.717) is 23.7 Å². The summed E-state index contributed by atoms with van der Waals surface area (Å²) in [7, 11) is 0. The molecule has 0 aliphatic carbocycles. The number of hydrogen-bond donors (Lipinski definition) is 2. The van der Waals surface area contributed by atoms with Crippen LogP contribution in [0.1, 0.15) is 5.56 Å². The van der Waals surface area contributed by atoms with Crippen molar-refractivity contribution in [1.82, 2.24) is 9.78 Å². The fourth-order valence-corrected chi connectivity index (χ4v) is 3.61. The first-order valence-corrected chi connectivity index (χ1v) is 10.4. The molecule has 0 spiro atoms. The smallest absolute Gasteiger partial charge is 0.290 e. The molecule has 0 fully saturated rings. The van der Waals surface area contributed by atoms with Crippen LogP contribution in [-0.4, -0.2) is 15.7 Å². The van der Waals surface area contributed by atoms with Crippen molar-refractivity contribution in [3.8, 4) is 16.3 Å². The number of nitrogens with zero attached hydrogens (tertiary/aromatic N) is 2. The molecule has 3 N–H and O–H groups in total. The Morgan fingerprint density at radius 3 is 2.55 bits per heavy atom. The number of hydrogen-bond acceptors (Lipinski definition) is 6. The van der Waals surface area contributed by atoms with Crippen molar-refractivity contribution < 1.29 is 9.53 Å². The summed E-state index contributed by atoms with van der Waals surface area (Å²) in [5, 5.41) is 8.94. The fraction of sp³-hybridized carbons (Fsp3) is 0.0870. The Labute approximate surface area is 182 Å². The van der Waals surface area contributed by atoms with Gasteiger partial charge < -0.3 is 15.8 Å². The van der Waals surface area contributed by atoms with E-state index in [1.54, 1.807) is 24.3 Å². The van der Waals surface area contributed by atoms with Crippen molar-refractivity contribution in [3.05, 3.63) is 94.1 Å². The molecule has 0 bridgehead atoms. The quantitative estimate of drug-likeness (QED) is 0.463. The summed E-state index contributed by atoms with van der Waals surface area (Å²) in [6.07, 6.45) is 0. The van der Waals surface area contributed by atoms with Crippen LogP contribution in [0.3, 0.4) is 0 Å². The summed E-state index contributed by atoms with van der Waals surface area (Å²) >= 11 is 1.48. The first-order chi connectivity index (χ1) is 15.1. The summed E-state index contributed by atoms with van der Waals surface area (Å²) in [6, 6.07) is 22.2. The first kappa shape index (κ1) is 20.4. The van der Waals surface area contributed by atoms with Gasteiger partial charge in [0.15, 0.2) is 0 Å². The lowest BCUT2D eigenvalue weighted by molar-refractivity contribution is -0.117. The van der Waals surface area contributed by atoms with Crippen molar-refractivity contribution in [1.29, 1.82) is 0 Å². The zero-order valence-electron chi connectivity index (χ0n) is 16.5. The number of anilines is 2. The van der Waals surface area contributed by atoms with E-state index in [1.165, 1.54) is 17.4 Å². The largest absolute Gasteiger partial charge is 0.489 e. The van der Waals surface area contributed by atoms with Crippen LogP contribution in [0.4, 0.5) is 11.4 Å². The molecule has 0 atom stereocenters. The van der Waals surface area contributed by atoms with Gasteiger partial charge in [0.2, 0.25) is 5.91 Å². The lowest BCUT2D eigenvalue weighted by Crippen LogP contribution is -2.31. The Morgan fingerprint density at radius 1 is 1.06 bits per heavy atom. The van der Waals surface area contributed by atoms with Crippen LogP contribution < -0.4 is 21.3 Å². The number of rotatable bonds is 7. The van der Waals surface area contributed by atoms with Crippen LogP contribution in [0.2, 0.25) is 0 Å². The minimum atomic E-state index is -0.500. The molecule has 1 amide bonds. The Hall–Kier alpha value is -3.91. The van der Waals surface area contributed by atoms with Gasteiger partial charge in [-0.05, 0) is 47.3 Å². The van der Waals surface area contributed by atoms with E-state index in [2.05, 4.69) is 10.4 Å². The predicted octanol–water partition coefficient (Wildman–Crippen LogP) is 3.77. The number of thiophene rings is 1. The molecule has 7 nitrogen and oxygen atoms in total. The highest BCUT2D eigenvalue weighted by Crippen LogP contribution is 2.22. The summed E-state index contributed by atoms with van der Waals surface area (Å²) in [5.41, 5.74) is 7.59. The van der Waals surface area contributed by atoms with E-state index in [4.69, 9.17) is 10.5 Å². The lowest BCUT2D eigenvalue weighted by Gasteiger charge is -2.10. The molecular formula is C23H20N4O3S. The van der Waals surface area contributed by atoms with Crippen molar-refractivity contribution in [2.45, 2.75) is 13.2 Å². The summed E-state index contributed by atoms with van der Waals surface area (Å²) in [5.74, 6) is 0.312. The van der Waals surface area contributed by atoms with Gasteiger partial charge in [-0.15, -0.1) is 11.3 Å². The standard InChI is InChI=1S/C23H20N4O3S/c24-19-13-20(21-7-4-12-31-21)26-27(23(19)29)14-22(28)25-17-8-10-18(11-9-17)30-15-16-5-2-1-3-6-16/h1-13H,14-15,24H2,(H,25,28). The maximum Gasteiger partial charge on any atom is 0.290 e. The predicted molar refractivity (Wildman–Crippen MR) is 122 cm³/mol. The molecule has 156 valence electrons. The average Bonchev–Trinajstić information content (AvgIpc) is 3.32. The number of nitrogens with one attached hydrogen (secondary N) is 1. The monoisotopic (exact) mass is 432 g/mol. The zero-order chi connectivity index (χ0) is 21.6. The van der Waals surface area contributed by atoms with Crippen LogP contribution >= 0.6 is 11.3 Å². The molecule has 0 aliphatic rings. The molecule has 0 aliphatic heterocycles. The lowest BCUT2D eigenvalue weighted by atomic mass is 10.2. The van der Waals surface area contributed by atoms with E-state index in [9.17, 15) is 9.59 Å². The van der Waals surface area contributed by atoms with Gasteiger partial charge in [-0.2, -0.15) is 5.10 Å². The third kappa shape index (κ3) is 5.18. The van der Waals surface area contributed by atoms with Crippen LogP contribution in [0.15, 0.2) is 83.0 Å². The van der Waals surface area contributed by atoms with Crippen molar-refractivity contribution >= 4 is 28.6 Å². The van der Waals surface area contributed by atoms with Gasteiger partial charge in [0.05, 0.1) is 4.88 Å². The molecule has 8 heteroatoms. The maximum absolute atomic E-state index is 12.5. The number of nitrogens with two attached hydrogens (primary N) is 1. The molecule has 0 radical (unpaired) electrons. The van der Waals surface area contributed by atoms with E-state index in [1.807, 2.05) is 47.8 Å². The molecule has 0 unspecified atom stereocenters. The van der Waals surface area contributed by atoms with Crippen LogP contribution in [0.25, 0.3) is 10.6 Å². The molecule has 2 aromatic carbocycles. The minimum absolute atomic E-state index is 0.0473. The Balaban J connectivity index is 1.39. The second-order valence-corrected chi connectivity index (χ2v) is 7.72.